The van der Waals surface area contributed by atoms with Crippen molar-refractivity contribution in [2.45, 2.75) is 0 Å². The summed E-state index contributed by atoms with van der Waals surface area (Å²) in [5.74, 6) is 0.863. The topological polar surface area (TPSA) is 30.9 Å². The van der Waals surface area contributed by atoms with Gasteiger partial charge in [-0.2, -0.15) is 0 Å². The van der Waals surface area contributed by atoms with Gasteiger partial charge in [0, 0.05) is 39.1 Å². The van der Waals surface area contributed by atoms with E-state index in [0.29, 0.717) is 13.2 Å². The molecule has 0 heterocycles. The minimum atomic E-state index is 0.695. The fourth-order valence-corrected chi connectivity index (χ4v) is 1.58. The zero-order valence-corrected chi connectivity index (χ0v) is 10.8. The lowest BCUT2D eigenvalue weighted by Gasteiger charge is -2.24. The van der Waals surface area contributed by atoms with E-state index in [0.717, 1.165) is 24.5 Å². The average Bonchev–Trinajstić information content (AvgIpc) is 2.39. The molecule has 0 atom stereocenters. The summed E-state index contributed by atoms with van der Waals surface area (Å²) >= 11 is 0. The highest BCUT2D eigenvalue weighted by Gasteiger charge is 2.06. The second-order valence-corrected chi connectivity index (χ2v) is 3.67. The van der Waals surface area contributed by atoms with Crippen LogP contribution in [0.5, 0.6) is 5.75 Å². The molecule has 96 valence electrons. The molecule has 4 heteroatoms. The number of methoxy groups -OCH3 is 3. The normalized spacial score (nSPS) is 10.3. The van der Waals surface area contributed by atoms with Gasteiger partial charge in [-0.3, -0.25) is 0 Å². The monoisotopic (exact) mass is 239 g/mol. The van der Waals surface area contributed by atoms with Gasteiger partial charge in [0.2, 0.25) is 0 Å². The molecule has 0 saturated carbocycles. The third kappa shape index (κ3) is 4.63. The van der Waals surface area contributed by atoms with Gasteiger partial charge in [0.05, 0.1) is 20.3 Å². The van der Waals surface area contributed by atoms with Crippen molar-refractivity contribution in [1.29, 1.82) is 0 Å². The van der Waals surface area contributed by atoms with E-state index in [9.17, 15) is 0 Å². The number of nitrogens with zero attached hydrogens (tertiary/aromatic N) is 1. The molecule has 17 heavy (non-hydrogen) atoms. The van der Waals surface area contributed by atoms with E-state index in [1.807, 2.05) is 18.2 Å². The zero-order chi connectivity index (χ0) is 12.5. The highest BCUT2D eigenvalue weighted by Crippen LogP contribution is 2.20. The lowest BCUT2D eigenvalue weighted by Crippen LogP contribution is -2.30. The van der Waals surface area contributed by atoms with Crippen LogP contribution in [0.1, 0.15) is 0 Å². The first-order valence-corrected chi connectivity index (χ1v) is 5.68. The molecule has 0 radical (unpaired) electrons. The van der Waals surface area contributed by atoms with Crippen molar-refractivity contribution in [3.63, 3.8) is 0 Å². The second-order valence-electron chi connectivity index (χ2n) is 3.67. The first kappa shape index (κ1) is 13.8. The van der Waals surface area contributed by atoms with E-state index in [1.54, 1.807) is 21.3 Å². The van der Waals surface area contributed by atoms with Gasteiger partial charge in [-0.25, -0.2) is 0 Å². The van der Waals surface area contributed by atoms with Crippen LogP contribution < -0.4 is 9.64 Å². The highest BCUT2D eigenvalue weighted by molar-refractivity contribution is 5.50. The SMILES string of the molecule is COCCN(CCOC)c1cccc(OC)c1. The largest absolute Gasteiger partial charge is 0.497 e. The zero-order valence-electron chi connectivity index (χ0n) is 10.8. The lowest BCUT2D eigenvalue weighted by molar-refractivity contribution is 0.190. The molecule has 1 rings (SSSR count). The molecule has 0 aliphatic rings. The number of anilines is 1. The Hall–Kier alpha value is -1.26. The van der Waals surface area contributed by atoms with E-state index < -0.39 is 0 Å². The van der Waals surface area contributed by atoms with Crippen molar-refractivity contribution in [1.82, 2.24) is 0 Å². The van der Waals surface area contributed by atoms with Gasteiger partial charge in [-0.15, -0.1) is 0 Å². The van der Waals surface area contributed by atoms with Gasteiger partial charge in [0.15, 0.2) is 0 Å². The van der Waals surface area contributed by atoms with Gasteiger partial charge < -0.3 is 19.1 Å². The quantitative estimate of drug-likeness (QED) is 0.692. The third-order valence-electron chi connectivity index (χ3n) is 2.55. The van der Waals surface area contributed by atoms with Gasteiger partial charge in [-0.05, 0) is 12.1 Å². The van der Waals surface area contributed by atoms with Crippen LogP contribution in [0, 0.1) is 0 Å². The van der Waals surface area contributed by atoms with Crippen LogP contribution >= 0.6 is 0 Å². The minimum absolute atomic E-state index is 0.695. The summed E-state index contributed by atoms with van der Waals surface area (Å²) < 4.78 is 15.5. The van der Waals surface area contributed by atoms with Gasteiger partial charge >= 0.3 is 0 Å². The standard InChI is InChI=1S/C13H21NO3/c1-15-9-7-14(8-10-16-2)12-5-4-6-13(11-12)17-3/h4-6,11H,7-10H2,1-3H3. The fraction of sp³-hybridized carbons (Fsp3) is 0.538. The summed E-state index contributed by atoms with van der Waals surface area (Å²) in [4.78, 5) is 2.22. The number of ether oxygens (including phenoxy) is 3. The Morgan fingerprint density at radius 1 is 1.00 bits per heavy atom. The summed E-state index contributed by atoms with van der Waals surface area (Å²) in [7, 11) is 5.09. The van der Waals surface area contributed by atoms with Crippen LogP contribution in [0.25, 0.3) is 0 Å². The Bertz CT molecular complexity index is 309. The van der Waals surface area contributed by atoms with Crippen LogP contribution in [0.2, 0.25) is 0 Å². The third-order valence-corrected chi connectivity index (χ3v) is 2.55. The Kier molecular flexibility index (Phi) is 6.43. The first-order chi connectivity index (χ1) is 8.31. The van der Waals surface area contributed by atoms with Crippen molar-refractivity contribution in [3.8, 4) is 5.75 Å². The predicted octanol–water partition coefficient (Wildman–Crippen LogP) is 1.79. The second kappa shape index (κ2) is 7.92. The van der Waals surface area contributed by atoms with Crippen molar-refractivity contribution < 1.29 is 14.2 Å². The minimum Gasteiger partial charge on any atom is -0.497 e. The van der Waals surface area contributed by atoms with Gasteiger partial charge in [0.25, 0.3) is 0 Å². The molecule has 0 aliphatic heterocycles. The van der Waals surface area contributed by atoms with E-state index in [-0.39, 0.29) is 0 Å². The summed E-state index contributed by atoms with van der Waals surface area (Å²) in [6.07, 6.45) is 0. The molecular formula is C13H21NO3. The van der Waals surface area contributed by atoms with Crippen LogP contribution in [0.3, 0.4) is 0 Å². The highest BCUT2D eigenvalue weighted by atomic mass is 16.5. The molecule has 0 fully saturated rings. The molecule has 0 N–H and O–H groups in total. The van der Waals surface area contributed by atoms with Crippen molar-refractivity contribution in [3.05, 3.63) is 24.3 Å². The first-order valence-electron chi connectivity index (χ1n) is 5.68. The maximum absolute atomic E-state index is 5.22. The molecule has 0 bridgehead atoms. The van der Waals surface area contributed by atoms with Crippen molar-refractivity contribution >= 4 is 5.69 Å². The summed E-state index contributed by atoms with van der Waals surface area (Å²) in [5, 5.41) is 0. The Morgan fingerprint density at radius 2 is 1.65 bits per heavy atom. The van der Waals surface area contributed by atoms with E-state index in [1.165, 1.54) is 0 Å². The predicted molar refractivity (Wildman–Crippen MR) is 69.0 cm³/mol. The van der Waals surface area contributed by atoms with Crippen LogP contribution in [-0.4, -0.2) is 47.6 Å². The molecule has 1 aromatic carbocycles. The van der Waals surface area contributed by atoms with Gasteiger partial charge in [0.1, 0.15) is 5.75 Å². The van der Waals surface area contributed by atoms with E-state index in [2.05, 4.69) is 11.0 Å². The number of hydrogen-bond donors (Lipinski definition) is 0. The maximum Gasteiger partial charge on any atom is 0.120 e. The van der Waals surface area contributed by atoms with E-state index in [4.69, 9.17) is 14.2 Å². The summed E-state index contributed by atoms with van der Waals surface area (Å²) in [6, 6.07) is 8.01. The number of hydrogen-bond acceptors (Lipinski definition) is 4. The van der Waals surface area contributed by atoms with Crippen LogP contribution in [0.4, 0.5) is 5.69 Å². The van der Waals surface area contributed by atoms with Crippen LogP contribution in [0.15, 0.2) is 24.3 Å². The molecule has 1 aromatic rings. The van der Waals surface area contributed by atoms with E-state index >= 15 is 0 Å². The molecule has 0 unspecified atom stereocenters. The Balaban J connectivity index is 2.71. The molecule has 0 aromatic heterocycles. The number of benzene rings is 1. The van der Waals surface area contributed by atoms with Crippen LogP contribution in [-0.2, 0) is 9.47 Å². The number of rotatable bonds is 8. The summed E-state index contributed by atoms with van der Waals surface area (Å²) in [6.45, 7) is 3.07. The smallest absolute Gasteiger partial charge is 0.120 e. The molecular weight excluding hydrogens is 218 g/mol. The molecule has 0 amide bonds. The average molecular weight is 239 g/mol. The van der Waals surface area contributed by atoms with Gasteiger partial charge in [-0.1, -0.05) is 6.07 Å². The molecule has 0 aliphatic carbocycles. The molecule has 0 spiro atoms. The Labute approximate surface area is 103 Å². The Morgan fingerprint density at radius 3 is 2.18 bits per heavy atom. The summed E-state index contributed by atoms with van der Waals surface area (Å²) in [5.41, 5.74) is 1.12. The lowest BCUT2D eigenvalue weighted by atomic mass is 10.2. The molecule has 4 nitrogen and oxygen atoms in total. The molecule has 0 saturated heterocycles. The van der Waals surface area contributed by atoms with Crippen molar-refractivity contribution in [2.75, 3.05) is 52.5 Å². The fourth-order valence-electron chi connectivity index (χ4n) is 1.58. The maximum atomic E-state index is 5.22. The van der Waals surface area contributed by atoms with Crippen molar-refractivity contribution in [2.24, 2.45) is 0 Å².